The van der Waals surface area contributed by atoms with E-state index in [1.54, 1.807) is 0 Å². The van der Waals surface area contributed by atoms with Crippen LogP contribution in [0.3, 0.4) is 0 Å². The Labute approximate surface area is 74.9 Å². The standard InChI is InChI=1S/C5H4N4O5/c10-5-3(8-13)1(6-11)2(7-12)4(5)9-14/h8,12-14H. The normalized spacial score (nSPS) is 13.2. The fraction of sp³-hybridized carbons (Fsp3) is 0. The maximum atomic E-state index is 11.1. The Bertz CT molecular complexity index is 511. The number of hydrogen-bond donors (Lipinski definition) is 4. The van der Waals surface area contributed by atoms with Crippen LogP contribution in [0.5, 0.6) is 0 Å². The molecule has 0 unspecified atom stereocenters. The average Bonchev–Trinajstić information content (AvgIpc) is 2.48. The van der Waals surface area contributed by atoms with Gasteiger partial charge in [0.2, 0.25) is 5.43 Å². The van der Waals surface area contributed by atoms with E-state index in [0.29, 0.717) is 0 Å². The van der Waals surface area contributed by atoms with E-state index in [0.717, 1.165) is 0 Å². The smallest absolute Gasteiger partial charge is 0.237 e. The van der Waals surface area contributed by atoms with Gasteiger partial charge in [0.25, 0.3) is 0 Å². The van der Waals surface area contributed by atoms with Crippen molar-refractivity contribution >= 4 is 11.4 Å². The van der Waals surface area contributed by atoms with Gasteiger partial charge in [0.05, 0.1) is 0 Å². The lowest BCUT2D eigenvalue weighted by Gasteiger charge is -1.89. The summed E-state index contributed by atoms with van der Waals surface area (Å²) in [6.07, 6.45) is 0. The van der Waals surface area contributed by atoms with Crippen LogP contribution in [0.15, 0.2) is 20.3 Å². The number of hydrogen-bond acceptors (Lipinski definition) is 9. The van der Waals surface area contributed by atoms with Crippen molar-refractivity contribution in [3.05, 3.63) is 25.8 Å². The van der Waals surface area contributed by atoms with E-state index in [4.69, 9.17) is 15.6 Å². The first-order valence-corrected chi connectivity index (χ1v) is 3.18. The van der Waals surface area contributed by atoms with E-state index >= 15 is 0 Å². The second-order valence-corrected chi connectivity index (χ2v) is 2.15. The summed E-state index contributed by atoms with van der Waals surface area (Å²) in [6, 6.07) is 0. The summed E-state index contributed by atoms with van der Waals surface area (Å²) in [5.41, 5.74) is -0.849. The van der Waals surface area contributed by atoms with Crippen LogP contribution in [0, 0.1) is 4.91 Å². The van der Waals surface area contributed by atoms with E-state index in [1.165, 1.54) is 5.48 Å². The molecule has 0 saturated carbocycles. The van der Waals surface area contributed by atoms with Gasteiger partial charge in [-0.25, -0.2) is 0 Å². The molecular weight excluding hydrogens is 196 g/mol. The van der Waals surface area contributed by atoms with Crippen molar-refractivity contribution in [1.29, 1.82) is 0 Å². The molecule has 0 radical (unpaired) electrons. The van der Waals surface area contributed by atoms with Crippen molar-refractivity contribution in [3.8, 4) is 0 Å². The Morgan fingerprint density at radius 3 is 2.07 bits per heavy atom. The van der Waals surface area contributed by atoms with Crippen LogP contribution in [0.25, 0.3) is 0 Å². The molecule has 0 spiro atoms. The molecule has 1 aromatic rings. The summed E-state index contributed by atoms with van der Waals surface area (Å²) >= 11 is 0. The summed E-state index contributed by atoms with van der Waals surface area (Å²) in [6.45, 7) is 0. The summed E-state index contributed by atoms with van der Waals surface area (Å²) in [4.78, 5) is 21.4. The first kappa shape index (κ1) is 9.80. The molecular formula is C5H4N4O5. The van der Waals surface area contributed by atoms with E-state index in [9.17, 15) is 9.70 Å². The molecule has 0 aromatic heterocycles. The maximum Gasteiger partial charge on any atom is 0.237 e. The Balaban J connectivity index is 3.93. The van der Waals surface area contributed by atoms with Gasteiger partial charge in [0, 0.05) is 0 Å². The third kappa shape index (κ3) is 1.11. The molecule has 0 heterocycles. The Morgan fingerprint density at radius 1 is 1.14 bits per heavy atom. The minimum absolute atomic E-state index is 0.607. The zero-order valence-electron chi connectivity index (χ0n) is 6.50. The van der Waals surface area contributed by atoms with Crippen LogP contribution in [0.4, 0.5) is 11.4 Å². The zero-order chi connectivity index (χ0) is 10.7. The number of nitroso groups, excluding NO2 is 1. The van der Waals surface area contributed by atoms with Crippen molar-refractivity contribution in [2.24, 2.45) is 15.5 Å². The quantitative estimate of drug-likeness (QED) is 0.265. The van der Waals surface area contributed by atoms with Crippen LogP contribution in [-0.4, -0.2) is 15.6 Å². The SMILES string of the molecule is O=Nc1c(NO)c(=O)c(=NO)c1=NO. The molecule has 0 aliphatic heterocycles. The number of anilines is 1. The molecule has 0 aliphatic carbocycles. The van der Waals surface area contributed by atoms with E-state index in [2.05, 4.69) is 15.5 Å². The Kier molecular flexibility index (Phi) is 2.53. The topological polar surface area (TPSA) is 144 Å². The molecule has 0 bridgehead atoms. The maximum absolute atomic E-state index is 11.1. The summed E-state index contributed by atoms with van der Waals surface area (Å²) in [7, 11) is 0. The molecule has 1 aromatic carbocycles. The molecule has 74 valence electrons. The predicted octanol–water partition coefficient (Wildman–Crippen LogP) is -1.30. The van der Waals surface area contributed by atoms with Gasteiger partial charge in [-0.15, -0.1) is 4.91 Å². The zero-order valence-corrected chi connectivity index (χ0v) is 6.50. The molecule has 0 fully saturated rings. The predicted molar refractivity (Wildman–Crippen MR) is 40.6 cm³/mol. The molecule has 9 heteroatoms. The monoisotopic (exact) mass is 200 g/mol. The van der Waals surface area contributed by atoms with Crippen LogP contribution in [0.2, 0.25) is 0 Å². The van der Waals surface area contributed by atoms with Gasteiger partial charge in [-0.1, -0.05) is 10.3 Å². The third-order valence-corrected chi connectivity index (χ3v) is 1.53. The summed E-state index contributed by atoms with van der Waals surface area (Å²) in [5.74, 6) is 0. The lowest BCUT2D eigenvalue weighted by Crippen LogP contribution is -2.32. The summed E-state index contributed by atoms with van der Waals surface area (Å²) in [5, 5.41) is 31.3. The highest BCUT2D eigenvalue weighted by molar-refractivity contribution is 5.64. The Morgan fingerprint density at radius 2 is 1.71 bits per heavy atom. The molecule has 4 N–H and O–H groups in total. The second kappa shape index (κ2) is 3.62. The van der Waals surface area contributed by atoms with Crippen LogP contribution in [0.1, 0.15) is 0 Å². The van der Waals surface area contributed by atoms with E-state index < -0.39 is 27.5 Å². The minimum atomic E-state index is -1.00. The number of nitrogens with zero attached hydrogens (tertiary/aromatic N) is 3. The van der Waals surface area contributed by atoms with Gasteiger partial charge in [0.15, 0.2) is 16.4 Å². The molecule has 0 aliphatic rings. The van der Waals surface area contributed by atoms with Gasteiger partial charge in [-0.3, -0.25) is 15.5 Å². The van der Waals surface area contributed by atoms with Crippen LogP contribution >= 0.6 is 0 Å². The van der Waals surface area contributed by atoms with Crippen molar-refractivity contribution in [1.82, 2.24) is 0 Å². The Hall–Kier alpha value is -2.29. The van der Waals surface area contributed by atoms with E-state index in [1.807, 2.05) is 0 Å². The molecule has 9 nitrogen and oxygen atoms in total. The van der Waals surface area contributed by atoms with Crippen LogP contribution in [-0.2, 0) is 0 Å². The van der Waals surface area contributed by atoms with E-state index in [-0.39, 0.29) is 0 Å². The molecule has 1 rings (SSSR count). The van der Waals surface area contributed by atoms with Gasteiger partial charge in [-0.2, -0.15) is 0 Å². The number of rotatable bonds is 2. The van der Waals surface area contributed by atoms with Crippen molar-refractivity contribution in [2.75, 3.05) is 5.48 Å². The van der Waals surface area contributed by atoms with Crippen molar-refractivity contribution in [2.45, 2.75) is 0 Å². The average molecular weight is 200 g/mol. The highest BCUT2D eigenvalue weighted by atomic mass is 16.5. The largest absolute Gasteiger partial charge is 0.410 e. The lowest BCUT2D eigenvalue weighted by atomic mass is 10.4. The molecule has 0 amide bonds. The second-order valence-electron chi connectivity index (χ2n) is 2.15. The number of nitrogens with one attached hydrogen (secondary N) is 1. The van der Waals surface area contributed by atoms with Gasteiger partial charge in [0.1, 0.15) is 5.69 Å². The van der Waals surface area contributed by atoms with Crippen molar-refractivity contribution in [3.63, 3.8) is 0 Å². The first-order chi connectivity index (χ1) is 6.71. The van der Waals surface area contributed by atoms with Gasteiger partial charge in [-0.05, 0) is 5.18 Å². The van der Waals surface area contributed by atoms with Crippen LogP contribution < -0.4 is 21.6 Å². The molecule has 14 heavy (non-hydrogen) atoms. The summed E-state index contributed by atoms with van der Waals surface area (Å²) < 4.78 is 0. The molecule has 0 saturated heterocycles. The van der Waals surface area contributed by atoms with Gasteiger partial charge < -0.3 is 10.4 Å². The van der Waals surface area contributed by atoms with Crippen molar-refractivity contribution < 1.29 is 15.6 Å². The highest BCUT2D eigenvalue weighted by Crippen LogP contribution is 2.12. The lowest BCUT2D eigenvalue weighted by molar-refractivity contribution is 0.287. The minimum Gasteiger partial charge on any atom is -0.410 e. The fourth-order valence-corrected chi connectivity index (χ4v) is 0.944. The first-order valence-electron chi connectivity index (χ1n) is 3.18. The molecule has 0 atom stereocenters. The van der Waals surface area contributed by atoms with Gasteiger partial charge >= 0.3 is 0 Å². The third-order valence-electron chi connectivity index (χ3n) is 1.53. The highest BCUT2D eigenvalue weighted by Gasteiger charge is 2.18. The fourth-order valence-electron chi connectivity index (χ4n) is 0.944.